The molecular weight excluding hydrogens is 214 g/mol. The molecule has 1 aliphatic carbocycles. The van der Waals surface area contributed by atoms with Crippen LogP contribution in [-0.4, -0.2) is 30.3 Å². The standard InChI is InChI=1S/C13H25N3O/c1-13(2)9-11(7-8-17-13)16-12(14)15-10-5-3-4-6-10/h10-11H,3-9H2,1-2H3,(H3,14,15,16). The molecule has 0 amide bonds. The van der Waals surface area contributed by atoms with Gasteiger partial charge in [0.1, 0.15) is 0 Å². The molecule has 2 fully saturated rings. The summed E-state index contributed by atoms with van der Waals surface area (Å²) in [7, 11) is 0. The zero-order chi connectivity index (χ0) is 12.3. The van der Waals surface area contributed by atoms with Gasteiger partial charge in [-0.1, -0.05) is 12.8 Å². The van der Waals surface area contributed by atoms with Crippen molar-refractivity contribution in [1.29, 1.82) is 0 Å². The predicted molar refractivity (Wildman–Crippen MR) is 70.1 cm³/mol. The summed E-state index contributed by atoms with van der Waals surface area (Å²) >= 11 is 0. The molecule has 0 aromatic rings. The Labute approximate surface area is 104 Å². The van der Waals surface area contributed by atoms with Crippen molar-refractivity contribution in [3.05, 3.63) is 0 Å². The van der Waals surface area contributed by atoms with Gasteiger partial charge >= 0.3 is 0 Å². The van der Waals surface area contributed by atoms with E-state index in [-0.39, 0.29) is 5.60 Å². The first kappa shape index (κ1) is 12.7. The number of ether oxygens (including phenoxy) is 1. The quantitative estimate of drug-likeness (QED) is 0.570. The number of nitrogens with zero attached hydrogens (tertiary/aromatic N) is 1. The van der Waals surface area contributed by atoms with Gasteiger partial charge in [-0.25, -0.2) is 0 Å². The van der Waals surface area contributed by atoms with E-state index in [4.69, 9.17) is 10.5 Å². The van der Waals surface area contributed by atoms with E-state index in [1.54, 1.807) is 0 Å². The van der Waals surface area contributed by atoms with Crippen LogP contribution >= 0.6 is 0 Å². The van der Waals surface area contributed by atoms with Gasteiger partial charge in [0.05, 0.1) is 11.6 Å². The van der Waals surface area contributed by atoms with E-state index in [0.29, 0.717) is 18.0 Å². The van der Waals surface area contributed by atoms with E-state index in [1.165, 1.54) is 25.7 Å². The van der Waals surface area contributed by atoms with E-state index in [2.05, 4.69) is 24.2 Å². The lowest BCUT2D eigenvalue weighted by atomic mass is 9.94. The zero-order valence-corrected chi connectivity index (χ0v) is 11.0. The van der Waals surface area contributed by atoms with Crippen molar-refractivity contribution < 1.29 is 4.74 Å². The average Bonchev–Trinajstić information content (AvgIpc) is 2.68. The molecule has 4 heteroatoms. The fourth-order valence-electron chi connectivity index (χ4n) is 2.83. The molecule has 0 radical (unpaired) electrons. The molecule has 17 heavy (non-hydrogen) atoms. The number of hydrogen-bond donors (Lipinski definition) is 2. The van der Waals surface area contributed by atoms with Crippen molar-refractivity contribution in [2.75, 3.05) is 6.61 Å². The second kappa shape index (κ2) is 5.25. The highest BCUT2D eigenvalue weighted by molar-refractivity contribution is 5.78. The second-order valence-electron chi connectivity index (χ2n) is 5.89. The van der Waals surface area contributed by atoms with E-state index < -0.39 is 0 Å². The van der Waals surface area contributed by atoms with Crippen molar-refractivity contribution in [3.63, 3.8) is 0 Å². The molecule has 98 valence electrons. The Kier molecular flexibility index (Phi) is 3.92. The van der Waals surface area contributed by atoms with Gasteiger partial charge in [-0.05, 0) is 39.5 Å². The zero-order valence-electron chi connectivity index (χ0n) is 11.0. The third-order valence-electron chi connectivity index (χ3n) is 3.70. The van der Waals surface area contributed by atoms with Crippen LogP contribution in [0.4, 0.5) is 0 Å². The summed E-state index contributed by atoms with van der Waals surface area (Å²) < 4.78 is 5.69. The summed E-state index contributed by atoms with van der Waals surface area (Å²) in [6.07, 6.45) is 7.00. The number of guanidine groups is 1. The Hall–Kier alpha value is -0.770. The van der Waals surface area contributed by atoms with Crippen molar-refractivity contribution in [2.45, 2.75) is 70.1 Å². The van der Waals surface area contributed by atoms with Crippen LogP contribution in [0.2, 0.25) is 0 Å². The van der Waals surface area contributed by atoms with Gasteiger partial charge in [0.25, 0.3) is 0 Å². The Morgan fingerprint density at radius 3 is 2.65 bits per heavy atom. The van der Waals surface area contributed by atoms with Gasteiger partial charge in [-0.15, -0.1) is 0 Å². The molecule has 4 nitrogen and oxygen atoms in total. The maximum atomic E-state index is 5.97. The summed E-state index contributed by atoms with van der Waals surface area (Å²) in [5.74, 6) is 0.625. The first-order valence-electron chi connectivity index (χ1n) is 6.79. The number of rotatable bonds is 2. The van der Waals surface area contributed by atoms with Crippen molar-refractivity contribution >= 4 is 5.96 Å². The third kappa shape index (κ3) is 3.87. The highest BCUT2D eigenvalue weighted by Crippen LogP contribution is 2.24. The molecule has 0 bridgehead atoms. The summed E-state index contributed by atoms with van der Waals surface area (Å²) in [6, 6.07) is 0.860. The van der Waals surface area contributed by atoms with Gasteiger partial charge in [0, 0.05) is 12.6 Å². The molecule has 0 spiro atoms. The molecular formula is C13H25N3O. The van der Waals surface area contributed by atoms with Crippen LogP contribution < -0.4 is 11.1 Å². The minimum atomic E-state index is -0.0381. The molecule has 1 aliphatic heterocycles. The van der Waals surface area contributed by atoms with Crippen molar-refractivity contribution in [3.8, 4) is 0 Å². The van der Waals surface area contributed by atoms with Crippen LogP contribution in [0.15, 0.2) is 4.99 Å². The van der Waals surface area contributed by atoms with Crippen LogP contribution in [0, 0.1) is 0 Å². The Morgan fingerprint density at radius 2 is 2.00 bits per heavy atom. The van der Waals surface area contributed by atoms with Crippen LogP contribution in [0.3, 0.4) is 0 Å². The van der Waals surface area contributed by atoms with Crippen LogP contribution in [0.1, 0.15) is 52.4 Å². The minimum absolute atomic E-state index is 0.0381. The topological polar surface area (TPSA) is 59.6 Å². The fraction of sp³-hybridized carbons (Fsp3) is 0.923. The van der Waals surface area contributed by atoms with E-state index in [0.717, 1.165) is 19.4 Å². The minimum Gasteiger partial charge on any atom is -0.375 e. The SMILES string of the molecule is CC1(C)CC(NC(N)=NC2CCCC2)CCO1. The van der Waals surface area contributed by atoms with Gasteiger partial charge < -0.3 is 15.8 Å². The van der Waals surface area contributed by atoms with Crippen LogP contribution in [0.5, 0.6) is 0 Å². The lowest BCUT2D eigenvalue weighted by molar-refractivity contribution is -0.0605. The lowest BCUT2D eigenvalue weighted by Crippen LogP contribution is -2.48. The molecule has 1 saturated carbocycles. The average molecular weight is 239 g/mol. The van der Waals surface area contributed by atoms with E-state index in [1.807, 2.05) is 0 Å². The molecule has 0 aromatic heterocycles. The third-order valence-corrected chi connectivity index (χ3v) is 3.70. The maximum absolute atomic E-state index is 5.97. The second-order valence-corrected chi connectivity index (χ2v) is 5.89. The van der Waals surface area contributed by atoms with Crippen molar-refractivity contribution in [2.24, 2.45) is 10.7 Å². The van der Waals surface area contributed by atoms with Gasteiger partial charge in [-0.3, -0.25) is 4.99 Å². The van der Waals surface area contributed by atoms with Gasteiger partial charge in [0.15, 0.2) is 5.96 Å². The number of nitrogens with two attached hydrogens (primary N) is 1. The summed E-state index contributed by atoms with van der Waals surface area (Å²) in [5, 5.41) is 3.35. The summed E-state index contributed by atoms with van der Waals surface area (Å²) in [5.41, 5.74) is 5.93. The molecule has 2 aliphatic rings. The molecule has 3 N–H and O–H groups in total. The molecule has 1 unspecified atom stereocenters. The Bertz CT molecular complexity index is 282. The summed E-state index contributed by atoms with van der Waals surface area (Å²) in [6.45, 7) is 5.07. The monoisotopic (exact) mass is 239 g/mol. The van der Waals surface area contributed by atoms with Gasteiger partial charge in [-0.2, -0.15) is 0 Å². The molecule has 2 rings (SSSR count). The highest BCUT2D eigenvalue weighted by Gasteiger charge is 2.29. The smallest absolute Gasteiger partial charge is 0.189 e. The fourth-order valence-corrected chi connectivity index (χ4v) is 2.83. The first-order valence-corrected chi connectivity index (χ1v) is 6.79. The highest BCUT2D eigenvalue weighted by atomic mass is 16.5. The Balaban J connectivity index is 1.83. The normalized spacial score (nSPS) is 30.5. The lowest BCUT2D eigenvalue weighted by Gasteiger charge is -2.36. The van der Waals surface area contributed by atoms with Crippen molar-refractivity contribution in [1.82, 2.24) is 5.32 Å². The van der Waals surface area contributed by atoms with Gasteiger partial charge in [0.2, 0.25) is 0 Å². The van der Waals surface area contributed by atoms with Crippen LogP contribution in [-0.2, 0) is 4.74 Å². The molecule has 1 saturated heterocycles. The maximum Gasteiger partial charge on any atom is 0.189 e. The molecule has 1 atom stereocenters. The molecule has 1 heterocycles. The Morgan fingerprint density at radius 1 is 1.29 bits per heavy atom. The predicted octanol–water partition coefficient (Wildman–Crippen LogP) is 1.79. The first-order chi connectivity index (χ1) is 8.05. The molecule has 0 aromatic carbocycles. The number of hydrogen-bond acceptors (Lipinski definition) is 2. The van der Waals surface area contributed by atoms with Crippen LogP contribution in [0.25, 0.3) is 0 Å². The number of aliphatic imine (C=N–C) groups is 1. The largest absolute Gasteiger partial charge is 0.375 e. The number of nitrogens with one attached hydrogen (secondary N) is 1. The summed E-state index contributed by atoms with van der Waals surface area (Å²) in [4.78, 5) is 4.56. The van der Waals surface area contributed by atoms with E-state index >= 15 is 0 Å². The van der Waals surface area contributed by atoms with E-state index in [9.17, 15) is 0 Å².